The predicted molar refractivity (Wildman–Crippen MR) is 120 cm³/mol. The second-order valence-corrected chi connectivity index (χ2v) is 14.2. The Labute approximate surface area is 186 Å². The fraction of sp³-hybridized carbons (Fsp3) is 0.737. The van der Waals surface area contributed by atoms with E-state index < -0.39 is 8.24 Å². The molecule has 1 saturated carbocycles. The van der Waals surface area contributed by atoms with E-state index in [0.29, 0.717) is 0 Å². The third-order valence-electron chi connectivity index (χ3n) is 4.80. The number of rotatable bonds is 2. The van der Waals surface area contributed by atoms with Crippen molar-refractivity contribution in [2.24, 2.45) is 11.8 Å². The van der Waals surface area contributed by atoms with Gasteiger partial charge in [0.25, 0.3) is 0 Å². The van der Waals surface area contributed by atoms with Crippen LogP contribution in [-0.4, -0.2) is 49.2 Å². The quantitative estimate of drug-likeness (QED) is 0.442. The Balaban J connectivity index is 0. The van der Waals surface area contributed by atoms with Gasteiger partial charge in [-0.15, -0.1) is 23.5 Å². The van der Waals surface area contributed by atoms with E-state index in [2.05, 4.69) is 62.6 Å². The summed E-state index contributed by atoms with van der Waals surface area (Å²) in [7, 11) is 0.592. The normalized spacial score (nSPS) is 30.9. The molecule has 26 heavy (non-hydrogen) atoms. The second-order valence-electron chi connectivity index (χ2n) is 6.91. The number of allylic oxidation sites excluding steroid dienone is 4. The van der Waals surface area contributed by atoms with E-state index >= 15 is 0 Å². The Bertz CT molecular complexity index is 440. The van der Waals surface area contributed by atoms with Crippen LogP contribution in [0.25, 0.3) is 4.98 Å². The Hall–Kier alpha value is 0.991. The van der Waals surface area contributed by atoms with Crippen molar-refractivity contribution < 1.29 is 31.9 Å². The van der Waals surface area contributed by atoms with Gasteiger partial charge in [0.1, 0.15) is 0 Å². The summed E-state index contributed by atoms with van der Waals surface area (Å²) >= 11 is 4.28. The van der Waals surface area contributed by atoms with Crippen LogP contribution < -0.4 is 0 Å². The fourth-order valence-corrected chi connectivity index (χ4v) is 11.5. The van der Waals surface area contributed by atoms with Gasteiger partial charge in [-0.1, -0.05) is 33.5 Å². The van der Waals surface area contributed by atoms with Crippen molar-refractivity contribution in [2.75, 3.05) is 20.3 Å². The van der Waals surface area contributed by atoms with Crippen molar-refractivity contribution in [3.05, 3.63) is 34.4 Å². The van der Waals surface area contributed by atoms with Crippen LogP contribution in [0.15, 0.2) is 22.0 Å². The van der Waals surface area contributed by atoms with Gasteiger partial charge in [-0.05, 0) is 54.9 Å². The van der Waals surface area contributed by atoms with Gasteiger partial charge in [-0.3, -0.25) is 0 Å². The van der Waals surface area contributed by atoms with E-state index in [9.17, 15) is 0 Å². The van der Waals surface area contributed by atoms with Gasteiger partial charge >= 0.3 is 21.7 Å². The monoisotopic (exact) mass is 451 g/mol. The summed E-state index contributed by atoms with van der Waals surface area (Å²) in [6, 6.07) is 0. The fourth-order valence-electron chi connectivity index (χ4n) is 3.82. The van der Waals surface area contributed by atoms with E-state index in [0.717, 1.165) is 27.9 Å². The maximum absolute atomic E-state index is 7.57. The van der Waals surface area contributed by atoms with Crippen molar-refractivity contribution >= 4 is 31.8 Å². The minimum absolute atomic E-state index is 0. The number of fused-ring (bicyclic) bond motifs is 3. The minimum atomic E-state index is -1.46. The zero-order valence-corrected chi connectivity index (χ0v) is 21.8. The van der Waals surface area contributed by atoms with Crippen LogP contribution in [0.1, 0.15) is 27.7 Å². The molecule has 7 heteroatoms. The Morgan fingerprint density at radius 1 is 0.962 bits per heavy atom. The summed E-state index contributed by atoms with van der Waals surface area (Å²) in [5.74, 6) is 1.56. The van der Waals surface area contributed by atoms with Crippen LogP contribution >= 0.6 is 23.5 Å². The molecular formula is C19H37NO2S2SiTi. The molecule has 3 aliphatic rings. The van der Waals surface area contributed by atoms with E-state index in [1.54, 1.807) is 13.8 Å². The molecule has 0 saturated heterocycles. The maximum atomic E-state index is 7.57. The number of hydrogen-bond donors (Lipinski definition) is 2. The summed E-state index contributed by atoms with van der Waals surface area (Å²) in [4.78, 5) is 7.92. The van der Waals surface area contributed by atoms with Crippen LogP contribution in [0.5, 0.6) is 0 Å². The smallest absolute Gasteiger partial charge is 0.667 e. The van der Waals surface area contributed by atoms with Crippen LogP contribution in [-0.2, 0) is 21.7 Å². The molecule has 0 radical (unpaired) electrons. The molecule has 0 bridgehead atoms. The number of nitrogens with zero attached hydrogens (tertiary/aromatic N) is 1. The summed E-state index contributed by atoms with van der Waals surface area (Å²) in [5, 5.41) is 16.8. The number of aliphatic hydroxyl groups is 2. The number of aliphatic hydroxyl groups excluding tert-OH is 2. The van der Waals surface area contributed by atoms with E-state index in [-0.39, 0.29) is 42.4 Å². The van der Waals surface area contributed by atoms with Gasteiger partial charge < -0.3 is 22.6 Å². The first kappa shape index (κ1) is 29.2. The zero-order valence-electron chi connectivity index (χ0n) is 17.6. The van der Waals surface area contributed by atoms with Crippen molar-refractivity contribution in [1.82, 2.24) is 0 Å². The average molecular weight is 452 g/mol. The number of hydrogen-bond acceptors (Lipinski definition) is 4. The first-order valence-electron chi connectivity index (χ1n) is 8.80. The van der Waals surface area contributed by atoms with Gasteiger partial charge in [-0.2, -0.15) is 7.05 Å². The van der Waals surface area contributed by atoms with Crippen molar-refractivity contribution in [1.29, 1.82) is 0 Å². The molecule has 1 aliphatic carbocycles. The third kappa shape index (κ3) is 6.80. The van der Waals surface area contributed by atoms with Crippen LogP contribution in [0.2, 0.25) is 18.6 Å². The predicted octanol–water partition coefficient (Wildman–Crippen LogP) is 5.29. The molecule has 0 aromatic rings. The number of thioether (sulfide) groups is 2. The summed E-state index contributed by atoms with van der Waals surface area (Å²) in [6.45, 7) is 13.3. The van der Waals surface area contributed by atoms with Crippen LogP contribution in [0.3, 0.4) is 0 Å². The summed E-state index contributed by atoms with van der Waals surface area (Å²) < 4.78 is 0. The molecule has 0 aromatic heterocycles. The average Bonchev–Trinajstić information content (AvgIpc) is 3.10. The van der Waals surface area contributed by atoms with Crippen molar-refractivity contribution in [3.63, 3.8) is 0 Å². The standard InChI is InChI=1S/C14H22NS2Si.2C2H6O.CH3.Ti/c1-8-6-10-11-7-9(2)17-13(11)14(12(10)16-8)18(4,5)15-3;2*1-2-3;;/h6-7,10-14H,1-5H3;2*3H,2H2,1H3;1H3;/q-1;;;-1;+2. The summed E-state index contributed by atoms with van der Waals surface area (Å²) in [6.07, 6.45) is 5.09. The minimum Gasteiger partial charge on any atom is -0.667 e. The molecule has 0 amide bonds. The topological polar surface area (TPSA) is 54.6 Å². The molecule has 2 heterocycles. The van der Waals surface area contributed by atoms with Crippen LogP contribution in [0.4, 0.5) is 0 Å². The van der Waals surface area contributed by atoms with Gasteiger partial charge in [-0.25, -0.2) is 0 Å². The molecule has 4 unspecified atom stereocenters. The largest absolute Gasteiger partial charge is 2.00 e. The molecule has 2 N–H and O–H groups in total. The molecule has 2 aliphatic heterocycles. The van der Waals surface area contributed by atoms with Gasteiger partial charge in [0.2, 0.25) is 0 Å². The summed E-state index contributed by atoms with van der Waals surface area (Å²) in [5.41, 5.74) is 0.829. The molecule has 4 atom stereocenters. The van der Waals surface area contributed by atoms with E-state index in [4.69, 9.17) is 15.2 Å². The Kier molecular flexibility index (Phi) is 14.9. The van der Waals surface area contributed by atoms with Gasteiger partial charge in [0.05, 0.1) is 0 Å². The second kappa shape index (κ2) is 13.3. The third-order valence-corrected chi connectivity index (χ3v) is 11.6. The van der Waals surface area contributed by atoms with Gasteiger partial charge in [0, 0.05) is 23.7 Å². The Morgan fingerprint density at radius 2 is 1.27 bits per heavy atom. The first-order chi connectivity index (χ1) is 11.3. The SMILES string of the molecule is CCO.CCO.C[N-][Si](C)(C)C1C2SC(C)=CC2C2C=C(C)SC21.[CH3-].[Ti+2]. The van der Waals surface area contributed by atoms with Gasteiger partial charge in [0.15, 0.2) is 0 Å². The maximum Gasteiger partial charge on any atom is 2.00 e. The van der Waals surface area contributed by atoms with E-state index in [1.807, 2.05) is 7.05 Å². The van der Waals surface area contributed by atoms with Crippen LogP contribution in [0, 0.1) is 19.3 Å². The molecule has 0 spiro atoms. The molecule has 1 fully saturated rings. The molecular weight excluding hydrogens is 414 g/mol. The Morgan fingerprint density at radius 3 is 1.54 bits per heavy atom. The van der Waals surface area contributed by atoms with E-state index in [1.165, 1.54) is 9.81 Å². The molecule has 3 rings (SSSR count). The van der Waals surface area contributed by atoms with Crippen molar-refractivity contribution in [2.45, 2.75) is 56.8 Å². The molecule has 150 valence electrons. The molecule has 0 aromatic carbocycles. The first-order valence-corrected chi connectivity index (χ1v) is 13.6. The zero-order chi connectivity index (χ0) is 18.5. The molecule has 3 nitrogen and oxygen atoms in total. The van der Waals surface area contributed by atoms with Crippen molar-refractivity contribution in [3.8, 4) is 0 Å².